The minimum absolute atomic E-state index is 0.0992. The molecule has 0 amide bonds. The van der Waals surface area contributed by atoms with Gasteiger partial charge in [-0.05, 0) is 43.3 Å². The number of pyridine rings is 1. The lowest BCUT2D eigenvalue weighted by atomic mass is 10.1. The molecular formula is C15H19NO2S. The van der Waals surface area contributed by atoms with E-state index in [4.69, 9.17) is 4.74 Å². The highest BCUT2D eigenvalue weighted by atomic mass is 32.1. The average molecular weight is 277 g/mol. The van der Waals surface area contributed by atoms with Crippen molar-refractivity contribution in [1.82, 2.24) is 4.98 Å². The van der Waals surface area contributed by atoms with E-state index in [0.717, 1.165) is 16.9 Å². The number of aliphatic hydroxyl groups is 1. The summed E-state index contributed by atoms with van der Waals surface area (Å²) in [6.07, 6.45) is 3.76. The molecular weight excluding hydrogens is 258 g/mol. The van der Waals surface area contributed by atoms with Crippen LogP contribution in [0.4, 0.5) is 0 Å². The van der Waals surface area contributed by atoms with Gasteiger partial charge in [0.2, 0.25) is 0 Å². The van der Waals surface area contributed by atoms with E-state index in [2.05, 4.69) is 18.0 Å². The Morgan fingerprint density at radius 2 is 2.16 bits per heavy atom. The van der Waals surface area contributed by atoms with Gasteiger partial charge >= 0.3 is 0 Å². The van der Waals surface area contributed by atoms with Crippen LogP contribution in [0.3, 0.4) is 0 Å². The molecule has 2 heterocycles. The zero-order chi connectivity index (χ0) is 13.8. The molecule has 0 bridgehead atoms. The van der Waals surface area contributed by atoms with Gasteiger partial charge in [-0.1, -0.05) is 6.92 Å². The molecule has 1 atom stereocenters. The highest BCUT2D eigenvalue weighted by Crippen LogP contribution is 2.31. The first-order chi connectivity index (χ1) is 9.11. The van der Waals surface area contributed by atoms with Crippen LogP contribution in [0.15, 0.2) is 29.9 Å². The quantitative estimate of drug-likeness (QED) is 0.908. The van der Waals surface area contributed by atoms with Crippen molar-refractivity contribution < 1.29 is 9.84 Å². The van der Waals surface area contributed by atoms with E-state index in [-0.39, 0.29) is 6.10 Å². The molecule has 2 rings (SSSR count). The Morgan fingerprint density at radius 3 is 2.84 bits per heavy atom. The highest BCUT2D eigenvalue weighted by molar-refractivity contribution is 7.10. The average Bonchev–Trinajstić information content (AvgIpc) is 2.85. The van der Waals surface area contributed by atoms with Crippen LogP contribution >= 0.6 is 11.3 Å². The number of hydrogen-bond donors (Lipinski definition) is 1. The first-order valence-corrected chi connectivity index (χ1v) is 7.35. The van der Waals surface area contributed by atoms with Crippen LogP contribution < -0.4 is 4.74 Å². The van der Waals surface area contributed by atoms with Gasteiger partial charge in [-0.25, -0.2) is 0 Å². The summed E-state index contributed by atoms with van der Waals surface area (Å²) >= 11 is 1.58. The molecule has 0 saturated heterocycles. The number of hydrogen-bond acceptors (Lipinski definition) is 4. The van der Waals surface area contributed by atoms with Crippen LogP contribution in [0.25, 0.3) is 0 Å². The second-order valence-electron chi connectivity index (χ2n) is 4.69. The molecule has 0 aliphatic carbocycles. The molecule has 3 nitrogen and oxygen atoms in total. The van der Waals surface area contributed by atoms with E-state index >= 15 is 0 Å². The molecule has 0 aliphatic heterocycles. The number of nitrogens with zero attached hydrogens (tertiary/aromatic N) is 1. The first kappa shape index (κ1) is 14.0. The molecule has 0 fully saturated rings. The maximum absolute atomic E-state index is 10.5. The molecule has 2 aromatic rings. The maximum Gasteiger partial charge on any atom is 0.138 e. The van der Waals surface area contributed by atoms with Crippen molar-refractivity contribution in [3.05, 3.63) is 45.9 Å². The Bertz CT molecular complexity index is 536. The van der Waals surface area contributed by atoms with Gasteiger partial charge in [0.1, 0.15) is 11.9 Å². The smallest absolute Gasteiger partial charge is 0.138 e. The van der Waals surface area contributed by atoms with Gasteiger partial charge in [0.15, 0.2) is 0 Å². The molecule has 0 aliphatic rings. The Labute approximate surface area is 117 Å². The van der Waals surface area contributed by atoms with Crippen LogP contribution in [0.2, 0.25) is 0 Å². The van der Waals surface area contributed by atoms with Crippen molar-refractivity contribution in [3.63, 3.8) is 0 Å². The lowest BCUT2D eigenvalue weighted by Crippen LogP contribution is -2.07. The van der Waals surface area contributed by atoms with Crippen molar-refractivity contribution in [2.24, 2.45) is 0 Å². The Morgan fingerprint density at radius 1 is 1.37 bits per heavy atom. The van der Waals surface area contributed by atoms with Crippen molar-refractivity contribution in [3.8, 4) is 5.75 Å². The van der Waals surface area contributed by atoms with Crippen molar-refractivity contribution in [2.45, 2.75) is 39.4 Å². The predicted molar refractivity (Wildman–Crippen MR) is 77.8 cm³/mol. The highest BCUT2D eigenvalue weighted by Gasteiger charge is 2.16. The number of aliphatic hydroxyl groups excluding tert-OH is 1. The van der Waals surface area contributed by atoms with Crippen LogP contribution in [0, 0.1) is 0 Å². The van der Waals surface area contributed by atoms with Gasteiger partial charge in [-0.2, -0.15) is 0 Å². The van der Waals surface area contributed by atoms with Crippen molar-refractivity contribution in [2.75, 3.05) is 0 Å². The maximum atomic E-state index is 10.5. The van der Waals surface area contributed by atoms with E-state index in [1.165, 1.54) is 5.56 Å². The van der Waals surface area contributed by atoms with Gasteiger partial charge in [0.25, 0.3) is 0 Å². The van der Waals surface area contributed by atoms with Crippen LogP contribution in [0.1, 0.15) is 42.9 Å². The Balaban J connectivity index is 2.26. The SMILES string of the molecule is CCc1ccsc1C(O)c1cncc(OC(C)C)c1. The van der Waals surface area contributed by atoms with E-state index < -0.39 is 6.10 Å². The normalized spacial score (nSPS) is 12.7. The van der Waals surface area contributed by atoms with E-state index in [0.29, 0.717) is 5.75 Å². The molecule has 2 aromatic heterocycles. The lowest BCUT2D eigenvalue weighted by molar-refractivity contribution is 0.218. The number of thiophene rings is 1. The van der Waals surface area contributed by atoms with Gasteiger partial charge < -0.3 is 9.84 Å². The molecule has 1 N–H and O–H groups in total. The first-order valence-electron chi connectivity index (χ1n) is 6.47. The van der Waals surface area contributed by atoms with Crippen LogP contribution in [-0.2, 0) is 6.42 Å². The number of aryl methyl sites for hydroxylation is 1. The molecule has 0 aromatic carbocycles. The van der Waals surface area contributed by atoms with E-state index in [9.17, 15) is 5.11 Å². The van der Waals surface area contributed by atoms with Crippen molar-refractivity contribution >= 4 is 11.3 Å². The third kappa shape index (κ3) is 3.33. The zero-order valence-electron chi connectivity index (χ0n) is 11.5. The van der Waals surface area contributed by atoms with Gasteiger partial charge in [0, 0.05) is 16.6 Å². The van der Waals surface area contributed by atoms with Gasteiger partial charge in [-0.3, -0.25) is 4.98 Å². The number of ether oxygens (including phenoxy) is 1. The Hall–Kier alpha value is -1.39. The topological polar surface area (TPSA) is 42.4 Å². The van der Waals surface area contributed by atoms with Crippen molar-refractivity contribution in [1.29, 1.82) is 0 Å². The zero-order valence-corrected chi connectivity index (χ0v) is 12.3. The van der Waals surface area contributed by atoms with Gasteiger partial charge in [-0.15, -0.1) is 11.3 Å². The molecule has 0 saturated carbocycles. The third-order valence-electron chi connectivity index (χ3n) is 2.83. The Kier molecular flexibility index (Phi) is 4.56. The fourth-order valence-electron chi connectivity index (χ4n) is 1.95. The summed E-state index contributed by atoms with van der Waals surface area (Å²) in [4.78, 5) is 5.14. The summed E-state index contributed by atoms with van der Waals surface area (Å²) in [7, 11) is 0. The number of aromatic nitrogens is 1. The fraction of sp³-hybridized carbons (Fsp3) is 0.400. The fourth-order valence-corrected chi connectivity index (χ4v) is 2.96. The largest absolute Gasteiger partial charge is 0.489 e. The van der Waals surface area contributed by atoms with Crippen LogP contribution in [0.5, 0.6) is 5.75 Å². The number of rotatable bonds is 5. The molecule has 4 heteroatoms. The predicted octanol–water partition coefficient (Wildman–Crippen LogP) is 3.57. The summed E-state index contributed by atoms with van der Waals surface area (Å²) in [6, 6.07) is 3.92. The second kappa shape index (κ2) is 6.17. The molecule has 102 valence electrons. The lowest BCUT2D eigenvalue weighted by Gasteiger charge is -2.14. The third-order valence-corrected chi connectivity index (χ3v) is 3.84. The van der Waals surface area contributed by atoms with Crippen LogP contribution in [-0.4, -0.2) is 16.2 Å². The minimum Gasteiger partial charge on any atom is -0.489 e. The molecule has 19 heavy (non-hydrogen) atoms. The minimum atomic E-state index is -0.627. The molecule has 0 spiro atoms. The second-order valence-corrected chi connectivity index (χ2v) is 5.63. The molecule has 0 radical (unpaired) electrons. The standard InChI is InChI=1S/C15H19NO2S/c1-4-11-5-6-19-15(11)14(17)12-7-13(9-16-8-12)18-10(2)3/h5-10,14,17H,4H2,1-3H3. The van der Waals surface area contributed by atoms with E-state index in [1.54, 1.807) is 23.7 Å². The summed E-state index contributed by atoms with van der Waals surface area (Å²) in [5.41, 5.74) is 1.96. The van der Waals surface area contributed by atoms with Gasteiger partial charge in [0.05, 0.1) is 12.3 Å². The summed E-state index contributed by atoms with van der Waals surface area (Å²) in [5.74, 6) is 0.696. The summed E-state index contributed by atoms with van der Waals surface area (Å²) < 4.78 is 5.61. The molecule has 1 unspecified atom stereocenters. The monoisotopic (exact) mass is 277 g/mol. The summed E-state index contributed by atoms with van der Waals surface area (Å²) in [6.45, 7) is 6.03. The van der Waals surface area contributed by atoms with E-state index in [1.807, 2.05) is 25.3 Å². The summed E-state index contributed by atoms with van der Waals surface area (Å²) in [5, 5.41) is 12.5.